The molecule has 0 aliphatic rings. The summed E-state index contributed by atoms with van der Waals surface area (Å²) in [5.74, 6) is 0.827. The third-order valence-electron chi connectivity index (χ3n) is 0.737. The zero-order valence-electron chi connectivity index (χ0n) is 6.40. The first-order valence-electron chi connectivity index (χ1n) is 3.26. The van der Waals surface area contributed by atoms with Crippen LogP contribution in [0.2, 0.25) is 0 Å². The largest absolute Gasteiger partial charge is 0.466 e. The van der Waals surface area contributed by atoms with E-state index in [0.717, 1.165) is 5.88 Å². The first kappa shape index (κ1) is 14.0. The summed E-state index contributed by atoms with van der Waals surface area (Å²) >= 11 is 5.38. The third kappa shape index (κ3) is 63.5. The van der Waals surface area contributed by atoms with E-state index in [4.69, 9.17) is 30.8 Å². The molecule has 0 radical (unpaired) electrons. The molecular formula is C5H14ClO4P. The van der Waals surface area contributed by atoms with Crippen LogP contribution < -0.4 is 0 Å². The van der Waals surface area contributed by atoms with Crippen molar-refractivity contribution in [3.63, 3.8) is 0 Å². The lowest BCUT2D eigenvalue weighted by atomic mass is 10.3. The lowest BCUT2D eigenvalue weighted by molar-refractivity contribution is 0.275. The van der Waals surface area contributed by atoms with Gasteiger partial charge in [0.2, 0.25) is 0 Å². The molecule has 0 aromatic carbocycles. The molecule has 0 rings (SSSR count). The van der Waals surface area contributed by atoms with E-state index in [2.05, 4.69) is 6.92 Å². The average molecular weight is 205 g/mol. The molecule has 0 amide bonds. The van der Waals surface area contributed by atoms with E-state index in [1.807, 2.05) is 0 Å². The summed E-state index contributed by atoms with van der Waals surface area (Å²) in [7, 11) is -4.64. The molecule has 0 atom stereocenters. The Hall–Kier alpha value is 0.400. The van der Waals surface area contributed by atoms with Gasteiger partial charge < -0.3 is 14.7 Å². The van der Waals surface area contributed by atoms with Crippen molar-refractivity contribution in [1.82, 2.24) is 0 Å². The summed E-state index contributed by atoms with van der Waals surface area (Å²) in [4.78, 5) is 21.6. The monoisotopic (exact) mass is 204 g/mol. The number of phosphoric acid groups is 1. The maximum absolute atomic E-state index is 8.88. The Kier molecular flexibility index (Phi) is 10.8. The quantitative estimate of drug-likeness (QED) is 0.370. The van der Waals surface area contributed by atoms with Gasteiger partial charge in [-0.1, -0.05) is 19.8 Å². The Morgan fingerprint density at radius 3 is 1.73 bits per heavy atom. The predicted octanol–water partition coefficient (Wildman–Crippen LogP) is 1.49. The van der Waals surface area contributed by atoms with Gasteiger partial charge in [-0.3, -0.25) is 0 Å². The molecule has 3 N–H and O–H groups in total. The molecule has 0 bridgehead atoms. The lowest BCUT2D eigenvalue weighted by Crippen LogP contribution is -1.70. The third-order valence-corrected chi connectivity index (χ3v) is 1.00. The molecule has 0 saturated heterocycles. The molecular weight excluding hydrogens is 190 g/mol. The minimum absolute atomic E-state index is 0.827. The molecule has 0 unspecified atom stereocenters. The fraction of sp³-hybridized carbons (Fsp3) is 1.00. The highest BCUT2D eigenvalue weighted by molar-refractivity contribution is 7.45. The van der Waals surface area contributed by atoms with Crippen LogP contribution in [0.15, 0.2) is 0 Å². The van der Waals surface area contributed by atoms with Crippen LogP contribution in [0, 0.1) is 0 Å². The number of unbranched alkanes of at least 4 members (excludes halogenated alkanes) is 2. The van der Waals surface area contributed by atoms with E-state index < -0.39 is 7.82 Å². The Balaban J connectivity index is 0. The van der Waals surface area contributed by atoms with Crippen LogP contribution in [-0.4, -0.2) is 20.6 Å². The van der Waals surface area contributed by atoms with E-state index in [9.17, 15) is 0 Å². The van der Waals surface area contributed by atoms with Gasteiger partial charge in [0.25, 0.3) is 0 Å². The van der Waals surface area contributed by atoms with Crippen molar-refractivity contribution in [3.8, 4) is 0 Å². The van der Waals surface area contributed by atoms with Crippen LogP contribution in [-0.2, 0) is 4.57 Å². The highest BCUT2D eigenvalue weighted by Crippen LogP contribution is 2.25. The Morgan fingerprint density at radius 1 is 1.27 bits per heavy atom. The average Bonchev–Trinajstić information content (AvgIpc) is 1.79. The molecule has 11 heavy (non-hydrogen) atoms. The van der Waals surface area contributed by atoms with Crippen LogP contribution in [0.5, 0.6) is 0 Å². The van der Waals surface area contributed by atoms with Gasteiger partial charge >= 0.3 is 7.82 Å². The number of rotatable bonds is 3. The minimum atomic E-state index is -4.64. The number of hydrogen-bond donors (Lipinski definition) is 3. The first-order valence-corrected chi connectivity index (χ1v) is 5.36. The fourth-order valence-electron chi connectivity index (χ4n) is 0.344. The van der Waals surface area contributed by atoms with E-state index >= 15 is 0 Å². The van der Waals surface area contributed by atoms with E-state index in [1.54, 1.807) is 0 Å². The molecule has 0 aromatic heterocycles. The normalized spacial score (nSPS) is 10.3. The van der Waals surface area contributed by atoms with Gasteiger partial charge in [-0.05, 0) is 6.42 Å². The smallest absolute Gasteiger partial charge is 0.303 e. The van der Waals surface area contributed by atoms with Crippen LogP contribution in [0.3, 0.4) is 0 Å². The van der Waals surface area contributed by atoms with Gasteiger partial charge in [0, 0.05) is 5.88 Å². The molecule has 4 nitrogen and oxygen atoms in total. The van der Waals surface area contributed by atoms with Crippen molar-refractivity contribution < 1.29 is 19.2 Å². The fourth-order valence-corrected chi connectivity index (χ4v) is 0.533. The molecule has 0 fully saturated rings. The van der Waals surface area contributed by atoms with Crippen LogP contribution in [0.4, 0.5) is 0 Å². The van der Waals surface area contributed by atoms with Gasteiger partial charge in [0.15, 0.2) is 0 Å². The maximum atomic E-state index is 8.88. The maximum Gasteiger partial charge on any atom is 0.466 e. The van der Waals surface area contributed by atoms with Crippen LogP contribution >= 0.6 is 19.4 Å². The second-order valence-electron chi connectivity index (χ2n) is 1.91. The van der Waals surface area contributed by atoms with Gasteiger partial charge in [-0.2, -0.15) is 0 Å². The molecule has 0 heterocycles. The molecule has 0 aliphatic heterocycles. The van der Waals surface area contributed by atoms with Crippen LogP contribution in [0.25, 0.3) is 0 Å². The zero-order valence-corrected chi connectivity index (χ0v) is 8.05. The molecule has 0 saturated carbocycles. The molecule has 0 aliphatic carbocycles. The summed E-state index contributed by atoms with van der Waals surface area (Å²) in [6.45, 7) is 2.17. The first-order chi connectivity index (χ1) is 4.91. The van der Waals surface area contributed by atoms with Crippen molar-refractivity contribution in [2.45, 2.75) is 26.2 Å². The van der Waals surface area contributed by atoms with Gasteiger partial charge in [-0.25, -0.2) is 4.57 Å². The van der Waals surface area contributed by atoms with Crippen molar-refractivity contribution in [2.75, 3.05) is 5.88 Å². The summed E-state index contributed by atoms with van der Waals surface area (Å²) in [5.41, 5.74) is 0. The Morgan fingerprint density at radius 2 is 1.64 bits per heavy atom. The summed E-state index contributed by atoms with van der Waals surface area (Å²) in [5, 5.41) is 0. The van der Waals surface area contributed by atoms with Crippen molar-refractivity contribution in [2.24, 2.45) is 0 Å². The molecule has 70 valence electrons. The van der Waals surface area contributed by atoms with Gasteiger partial charge in [-0.15, -0.1) is 11.6 Å². The highest BCUT2D eigenvalue weighted by atomic mass is 35.5. The summed E-state index contributed by atoms with van der Waals surface area (Å²) < 4.78 is 8.88. The lowest BCUT2D eigenvalue weighted by Gasteiger charge is -1.84. The van der Waals surface area contributed by atoms with E-state index in [1.165, 1.54) is 19.3 Å². The zero-order chi connectivity index (χ0) is 9.33. The number of alkyl halides is 1. The standard InChI is InChI=1S/C5H11Cl.H3O4P/c1-2-3-4-5-6;1-5(2,3)4/h2-5H2,1H3;(H3,1,2,3,4). The number of halogens is 1. The van der Waals surface area contributed by atoms with Crippen molar-refractivity contribution in [1.29, 1.82) is 0 Å². The number of hydrogen-bond acceptors (Lipinski definition) is 1. The summed E-state index contributed by atoms with van der Waals surface area (Å²) in [6, 6.07) is 0. The predicted molar refractivity (Wildman–Crippen MR) is 44.5 cm³/mol. The molecule has 6 heteroatoms. The van der Waals surface area contributed by atoms with Crippen molar-refractivity contribution in [3.05, 3.63) is 0 Å². The second kappa shape index (κ2) is 8.50. The van der Waals surface area contributed by atoms with Crippen molar-refractivity contribution >= 4 is 19.4 Å². The highest BCUT2D eigenvalue weighted by Gasteiger charge is 2.00. The molecule has 0 aromatic rings. The van der Waals surface area contributed by atoms with Gasteiger partial charge in [0.05, 0.1) is 0 Å². The molecule has 0 spiro atoms. The van der Waals surface area contributed by atoms with Gasteiger partial charge in [0.1, 0.15) is 0 Å². The minimum Gasteiger partial charge on any atom is -0.303 e. The Bertz CT molecular complexity index is 101. The van der Waals surface area contributed by atoms with E-state index in [-0.39, 0.29) is 0 Å². The second-order valence-corrected chi connectivity index (χ2v) is 3.31. The summed E-state index contributed by atoms with van der Waals surface area (Å²) in [6.07, 6.45) is 3.73. The topological polar surface area (TPSA) is 77.8 Å². The van der Waals surface area contributed by atoms with E-state index in [0.29, 0.717) is 0 Å². The van der Waals surface area contributed by atoms with Crippen LogP contribution in [0.1, 0.15) is 26.2 Å². The Labute approximate surface area is 71.4 Å². The SMILES string of the molecule is CCCCCCl.O=P(O)(O)O.